The molecule has 0 saturated carbocycles. The molecular weight excluding hydrogens is 400 g/mol. The molecule has 3 unspecified atom stereocenters. The van der Waals surface area contributed by atoms with Crippen LogP contribution in [0, 0.1) is 0 Å². The van der Waals surface area contributed by atoms with Gasteiger partial charge in [0.05, 0.1) is 12.2 Å². The lowest BCUT2D eigenvalue weighted by atomic mass is 9.96. The second-order valence-corrected chi connectivity index (χ2v) is 8.15. The lowest BCUT2D eigenvalue weighted by Crippen LogP contribution is -2.60. The second-order valence-electron chi connectivity index (χ2n) is 8.15. The molecule has 0 amide bonds. The maximum absolute atomic E-state index is 11.8. The van der Waals surface area contributed by atoms with Crippen LogP contribution in [-0.2, 0) is 11.2 Å². The normalized spacial score (nSPS) is 31.4. The summed E-state index contributed by atoms with van der Waals surface area (Å²) in [7, 11) is 0. The Labute approximate surface area is 170 Å². The molecule has 10 nitrogen and oxygen atoms in total. The molecule has 2 aromatic rings. The predicted molar refractivity (Wildman–Crippen MR) is 101 cm³/mol. The topological polar surface area (TPSA) is 159 Å². The molecule has 0 aliphatic carbocycles. The van der Waals surface area contributed by atoms with E-state index in [-0.39, 0.29) is 17.1 Å². The molecule has 3 heterocycles. The second kappa shape index (κ2) is 7.49. The Bertz CT molecular complexity index is 991. The number of hydrogen-bond donors (Lipinski definition) is 5. The van der Waals surface area contributed by atoms with E-state index in [1.54, 1.807) is 26.0 Å². The molecule has 1 fully saturated rings. The van der Waals surface area contributed by atoms with Crippen LogP contribution in [-0.4, -0.2) is 74.6 Å². The summed E-state index contributed by atoms with van der Waals surface area (Å²) < 4.78 is 22.4. The summed E-state index contributed by atoms with van der Waals surface area (Å²) >= 11 is 0. The number of hydrogen-bond acceptors (Lipinski definition) is 10. The molecule has 0 radical (unpaired) electrons. The zero-order valence-corrected chi connectivity index (χ0v) is 16.4. The number of benzene rings is 1. The molecule has 0 bridgehead atoms. The molecule has 1 saturated heterocycles. The Hall–Kier alpha value is -2.21. The number of rotatable bonds is 4. The van der Waals surface area contributed by atoms with Crippen molar-refractivity contribution in [3.05, 3.63) is 34.2 Å². The molecule has 6 atom stereocenters. The van der Waals surface area contributed by atoms with Crippen LogP contribution in [0.4, 0.5) is 0 Å². The van der Waals surface area contributed by atoms with E-state index in [0.29, 0.717) is 17.4 Å². The minimum absolute atomic E-state index is 0.0367. The van der Waals surface area contributed by atoms with Crippen molar-refractivity contribution >= 4 is 11.0 Å². The van der Waals surface area contributed by atoms with Gasteiger partial charge in [-0.25, -0.2) is 4.79 Å². The number of fused-ring (bicyclic) bond motifs is 2. The van der Waals surface area contributed by atoms with Gasteiger partial charge in [-0.1, -0.05) is 0 Å². The van der Waals surface area contributed by atoms with Gasteiger partial charge in [-0.2, -0.15) is 0 Å². The molecule has 5 N–H and O–H groups in total. The summed E-state index contributed by atoms with van der Waals surface area (Å²) in [5.74, 6) is 0.164. The lowest BCUT2D eigenvalue weighted by Gasteiger charge is -2.39. The van der Waals surface area contributed by atoms with Gasteiger partial charge < -0.3 is 44.2 Å². The highest BCUT2D eigenvalue weighted by molar-refractivity contribution is 5.87. The van der Waals surface area contributed by atoms with E-state index < -0.39 is 54.6 Å². The minimum Gasteiger partial charge on any atom is -0.483 e. The van der Waals surface area contributed by atoms with Crippen molar-refractivity contribution in [2.75, 3.05) is 6.61 Å². The zero-order valence-electron chi connectivity index (χ0n) is 16.4. The van der Waals surface area contributed by atoms with Crippen molar-refractivity contribution in [1.29, 1.82) is 0 Å². The van der Waals surface area contributed by atoms with E-state index in [2.05, 4.69) is 0 Å². The van der Waals surface area contributed by atoms with Gasteiger partial charge in [0.15, 0.2) is 11.3 Å². The smallest absolute Gasteiger partial charge is 0.336 e. The molecule has 10 heteroatoms. The standard InChI is InChI=1S/C20H24O10/c1-20(2,26)11-6-9-5-8-3-4-12(22)29-16(8)18(17(9)28-11)30-19-15(25)14(24)13(23)10(7-21)27-19/h3-5,10-11,13-15,19,21,23-26H,6-7H2,1-2H3/t10?,11?,13-,14-,15?,19-/m0/s1. The fourth-order valence-corrected chi connectivity index (χ4v) is 3.67. The number of aliphatic hydroxyl groups excluding tert-OH is 4. The van der Waals surface area contributed by atoms with Gasteiger partial charge in [-0.05, 0) is 26.0 Å². The van der Waals surface area contributed by atoms with Gasteiger partial charge in [0.1, 0.15) is 30.5 Å². The minimum atomic E-state index is -1.66. The van der Waals surface area contributed by atoms with Gasteiger partial charge >= 0.3 is 5.63 Å². The van der Waals surface area contributed by atoms with Gasteiger partial charge in [-0.15, -0.1) is 0 Å². The molecule has 4 rings (SSSR count). The highest BCUT2D eigenvalue weighted by Gasteiger charge is 2.46. The van der Waals surface area contributed by atoms with Gasteiger partial charge in [0, 0.05) is 23.4 Å². The molecular formula is C20H24O10. The van der Waals surface area contributed by atoms with E-state index in [9.17, 15) is 30.3 Å². The van der Waals surface area contributed by atoms with Crippen LogP contribution in [0.3, 0.4) is 0 Å². The van der Waals surface area contributed by atoms with Crippen LogP contribution >= 0.6 is 0 Å². The van der Waals surface area contributed by atoms with Crippen LogP contribution in [0.25, 0.3) is 11.0 Å². The summed E-state index contributed by atoms with van der Waals surface area (Å²) in [6.07, 6.45) is -7.75. The highest BCUT2D eigenvalue weighted by Crippen LogP contribution is 2.46. The predicted octanol–water partition coefficient (Wildman–Crippen LogP) is -0.954. The monoisotopic (exact) mass is 424 g/mol. The van der Waals surface area contributed by atoms with Gasteiger partial charge in [0.25, 0.3) is 0 Å². The third-order valence-electron chi connectivity index (χ3n) is 5.43. The third kappa shape index (κ3) is 3.55. The molecule has 1 aromatic carbocycles. The van der Waals surface area contributed by atoms with Crippen LogP contribution in [0.1, 0.15) is 19.4 Å². The maximum atomic E-state index is 11.8. The molecule has 2 aliphatic rings. The Morgan fingerprint density at radius 2 is 1.90 bits per heavy atom. The van der Waals surface area contributed by atoms with Crippen LogP contribution in [0.5, 0.6) is 11.5 Å². The molecule has 2 aliphatic heterocycles. The summed E-state index contributed by atoms with van der Waals surface area (Å²) in [5.41, 5.74) is -1.09. The Morgan fingerprint density at radius 1 is 1.17 bits per heavy atom. The van der Waals surface area contributed by atoms with E-state index in [4.69, 9.17) is 18.6 Å². The molecule has 164 valence electrons. The van der Waals surface area contributed by atoms with E-state index >= 15 is 0 Å². The fraction of sp³-hybridized carbons (Fsp3) is 0.550. The Morgan fingerprint density at radius 3 is 2.57 bits per heavy atom. The first-order valence-corrected chi connectivity index (χ1v) is 9.56. The van der Waals surface area contributed by atoms with E-state index in [0.717, 1.165) is 0 Å². The number of ether oxygens (including phenoxy) is 3. The first-order chi connectivity index (χ1) is 14.1. The lowest BCUT2D eigenvalue weighted by molar-refractivity contribution is -0.277. The van der Waals surface area contributed by atoms with Crippen molar-refractivity contribution in [3.8, 4) is 11.5 Å². The van der Waals surface area contributed by atoms with Crippen molar-refractivity contribution in [1.82, 2.24) is 0 Å². The van der Waals surface area contributed by atoms with E-state index in [1.807, 2.05) is 0 Å². The quantitative estimate of drug-likeness (QED) is 0.387. The summed E-state index contributed by atoms with van der Waals surface area (Å²) in [6, 6.07) is 4.54. The summed E-state index contributed by atoms with van der Waals surface area (Å²) in [6.45, 7) is 2.58. The first kappa shape index (κ1) is 21.0. The molecule has 1 aromatic heterocycles. The van der Waals surface area contributed by atoms with Gasteiger partial charge in [0.2, 0.25) is 12.0 Å². The van der Waals surface area contributed by atoms with E-state index in [1.165, 1.54) is 6.07 Å². The summed E-state index contributed by atoms with van der Waals surface area (Å²) in [5, 5.41) is 50.6. The number of aliphatic hydroxyl groups is 5. The highest BCUT2D eigenvalue weighted by atomic mass is 16.7. The van der Waals surface area contributed by atoms with Crippen LogP contribution in [0.2, 0.25) is 0 Å². The van der Waals surface area contributed by atoms with Crippen molar-refractivity contribution in [2.24, 2.45) is 0 Å². The van der Waals surface area contributed by atoms with Crippen molar-refractivity contribution < 1.29 is 44.2 Å². The molecule has 30 heavy (non-hydrogen) atoms. The summed E-state index contributed by atoms with van der Waals surface area (Å²) in [4.78, 5) is 11.8. The average Bonchev–Trinajstić information content (AvgIpc) is 3.12. The maximum Gasteiger partial charge on any atom is 0.336 e. The largest absolute Gasteiger partial charge is 0.483 e. The Balaban J connectivity index is 1.78. The van der Waals surface area contributed by atoms with Crippen LogP contribution < -0.4 is 15.1 Å². The average molecular weight is 424 g/mol. The first-order valence-electron chi connectivity index (χ1n) is 9.56. The zero-order chi connectivity index (χ0) is 21.8. The SMILES string of the molecule is CC(C)(O)C1Cc2cc3ccc(=O)oc3c(O[C@@H]3OC(CO)[C@H](O)[C@H](O)C3O)c2O1. The fourth-order valence-electron chi connectivity index (χ4n) is 3.67. The Kier molecular flexibility index (Phi) is 5.25. The van der Waals surface area contributed by atoms with Gasteiger partial charge in [-0.3, -0.25) is 0 Å². The molecule has 0 spiro atoms. The van der Waals surface area contributed by atoms with Crippen molar-refractivity contribution in [2.45, 2.75) is 62.7 Å². The van der Waals surface area contributed by atoms with Crippen molar-refractivity contribution in [3.63, 3.8) is 0 Å². The van der Waals surface area contributed by atoms with Crippen LogP contribution in [0.15, 0.2) is 27.4 Å². The third-order valence-corrected chi connectivity index (χ3v) is 5.43.